The van der Waals surface area contributed by atoms with Gasteiger partial charge < -0.3 is 10.5 Å². The van der Waals surface area contributed by atoms with Crippen molar-refractivity contribution in [2.75, 3.05) is 6.61 Å². The van der Waals surface area contributed by atoms with E-state index in [9.17, 15) is 18.9 Å². The molecular weight excluding hydrogens is 222 g/mol. The number of benzene rings is 1. The molecule has 7 heteroatoms. The van der Waals surface area contributed by atoms with E-state index in [0.717, 1.165) is 0 Å². The number of nitrogens with zero attached hydrogens (tertiary/aromatic N) is 1. The van der Waals surface area contributed by atoms with E-state index in [2.05, 4.69) is 4.74 Å². The van der Waals surface area contributed by atoms with Crippen LogP contribution in [0.2, 0.25) is 0 Å². The third-order valence-electron chi connectivity index (χ3n) is 1.82. The van der Waals surface area contributed by atoms with Crippen molar-refractivity contribution in [1.29, 1.82) is 0 Å². The summed E-state index contributed by atoms with van der Waals surface area (Å²) in [6.45, 7) is -0.724. The molecule has 0 bridgehead atoms. The minimum Gasteiger partial charge on any atom is -0.481 e. The van der Waals surface area contributed by atoms with Crippen LogP contribution in [0.15, 0.2) is 18.2 Å². The quantitative estimate of drug-likeness (QED) is 0.619. The van der Waals surface area contributed by atoms with Crippen molar-refractivity contribution in [3.8, 4) is 5.75 Å². The normalized spacial score (nSPS) is 10.5. The monoisotopic (exact) mass is 232 g/mol. The van der Waals surface area contributed by atoms with Crippen molar-refractivity contribution in [3.63, 3.8) is 0 Å². The van der Waals surface area contributed by atoms with Gasteiger partial charge in [0.15, 0.2) is 5.75 Å². The molecule has 88 valence electrons. The molecule has 0 fully saturated rings. The van der Waals surface area contributed by atoms with Gasteiger partial charge in [0.05, 0.1) is 4.92 Å². The Morgan fingerprint density at radius 2 is 2.19 bits per heavy atom. The molecule has 0 unspecified atom stereocenters. The molecule has 2 N–H and O–H groups in total. The summed E-state index contributed by atoms with van der Waals surface area (Å²) in [5.74, 6) is -0.187. The highest BCUT2D eigenvalue weighted by Gasteiger charge is 2.16. The lowest BCUT2D eigenvalue weighted by Crippen LogP contribution is -2.09. The molecule has 0 radical (unpaired) electrons. The highest BCUT2D eigenvalue weighted by molar-refractivity contribution is 5.48. The summed E-state index contributed by atoms with van der Waals surface area (Å²) in [6.07, 6.45) is -2.68. The fraction of sp³-hybridized carbons (Fsp3) is 0.333. The van der Waals surface area contributed by atoms with Crippen LogP contribution in [0.4, 0.5) is 14.5 Å². The summed E-state index contributed by atoms with van der Waals surface area (Å²) in [5, 5.41) is 10.6. The molecular formula is C9H10F2N2O3. The van der Waals surface area contributed by atoms with Gasteiger partial charge in [0, 0.05) is 12.6 Å². The van der Waals surface area contributed by atoms with Gasteiger partial charge in [-0.1, -0.05) is 6.07 Å². The van der Waals surface area contributed by atoms with Crippen LogP contribution in [-0.2, 0) is 6.54 Å². The topological polar surface area (TPSA) is 78.4 Å². The fourth-order valence-electron chi connectivity index (χ4n) is 1.10. The Kier molecular flexibility index (Phi) is 4.12. The smallest absolute Gasteiger partial charge is 0.310 e. The van der Waals surface area contributed by atoms with Gasteiger partial charge in [0.2, 0.25) is 0 Å². The third-order valence-corrected chi connectivity index (χ3v) is 1.82. The Labute approximate surface area is 90.0 Å². The first-order valence-corrected chi connectivity index (χ1v) is 4.43. The molecule has 16 heavy (non-hydrogen) atoms. The van der Waals surface area contributed by atoms with Crippen LogP contribution in [0.1, 0.15) is 5.56 Å². The number of alkyl halides is 2. The molecule has 0 aromatic heterocycles. The Morgan fingerprint density at radius 1 is 1.50 bits per heavy atom. The van der Waals surface area contributed by atoms with E-state index in [1.807, 2.05) is 0 Å². The number of nitro benzene ring substituents is 1. The molecule has 0 atom stereocenters. The molecule has 0 aliphatic carbocycles. The number of rotatable bonds is 5. The molecule has 0 aliphatic rings. The molecule has 0 saturated heterocycles. The zero-order chi connectivity index (χ0) is 12.1. The summed E-state index contributed by atoms with van der Waals surface area (Å²) in [7, 11) is 0. The fourth-order valence-corrected chi connectivity index (χ4v) is 1.10. The van der Waals surface area contributed by atoms with E-state index in [-0.39, 0.29) is 18.0 Å². The Hall–Kier alpha value is -1.76. The van der Waals surface area contributed by atoms with E-state index in [0.29, 0.717) is 5.56 Å². The van der Waals surface area contributed by atoms with Crippen molar-refractivity contribution in [1.82, 2.24) is 0 Å². The second-order valence-corrected chi connectivity index (χ2v) is 2.97. The number of ether oxygens (including phenoxy) is 1. The van der Waals surface area contributed by atoms with Crippen molar-refractivity contribution in [3.05, 3.63) is 33.9 Å². The Bertz CT molecular complexity index is 385. The third kappa shape index (κ3) is 3.13. The highest BCUT2D eigenvalue weighted by Crippen LogP contribution is 2.28. The Balaban J connectivity index is 2.96. The molecule has 0 amide bonds. The SMILES string of the molecule is NCc1ccc([N+](=O)[O-])c(OCC(F)F)c1. The van der Waals surface area contributed by atoms with Crippen LogP contribution in [0.5, 0.6) is 5.75 Å². The summed E-state index contributed by atoms with van der Waals surface area (Å²) < 4.78 is 28.5. The molecule has 0 heterocycles. The zero-order valence-corrected chi connectivity index (χ0v) is 8.23. The Morgan fingerprint density at radius 3 is 2.69 bits per heavy atom. The summed E-state index contributed by atoms with van der Waals surface area (Å²) in [4.78, 5) is 9.88. The van der Waals surface area contributed by atoms with Gasteiger partial charge >= 0.3 is 5.69 Å². The number of nitro groups is 1. The minimum absolute atomic E-state index is 0.156. The van der Waals surface area contributed by atoms with E-state index in [1.165, 1.54) is 18.2 Å². The molecule has 1 rings (SSSR count). The molecule has 0 aliphatic heterocycles. The van der Waals surface area contributed by atoms with E-state index >= 15 is 0 Å². The van der Waals surface area contributed by atoms with Gasteiger partial charge in [-0.3, -0.25) is 10.1 Å². The molecule has 5 nitrogen and oxygen atoms in total. The number of halogens is 2. The summed E-state index contributed by atoms with van der Waals surface area (Å²) >= 11 is 0. The lowest BCUT2D eigenvalue weighted by atomic mass is 10.2. The predicted octanol–water partition coefficient (Wildman–Crippen LogP) is 1.70. The van der Waals surface area contributed by atoms with Crippen molar-refractivity contribution >= 4 is 5.69 Å². The summed E-state index contributed by atoms with van der Waals surface area (Å²) in [5.41, 5.74) is 5.56. The van der Waals surface area contributed by atoms with Gasteiger partial charge in [-0.15, -0.1) is 0 Å². The number of hydrogen-bond acceptors (Lipinski definition) is 4. The molecule has 1 aromatic carbocycles. The molecule has 0 saturated carbocycles. The average Bonchev–Trinajstić information content (AvgIpc) is 2.25. The maximum absolute atomic E-state index is 11.9. The molecule has 1 aromatic rings. The van der Waals surface area contributed by atoms with Gasteiger partial charge in [-0.2, -0.15) is 0 Å². The predicted molar refractivity (Wildman–Crippen MR) is 52.5 cm³/mol. The van der Waals surface area contributed by atoms with E-state index in [1.54, 1.807) is 0 Å². The van der Waals surface area contributed by atoms with Crippen molar-refractivity contribution in [2.24, 2.45) is 5.73 Å². The lowest BCUT2D eigenvalue weighted by molar-refractivity contribution is -0.386. The molecule has 0 spiro atoms. The zero-order valence-electron chi connectivity index (χ0n) is 8.23. The maximum Gasteiger partial charge on any atom is 0.310 e. The van der Waals surface area contributed by atoms with Gasteiger partial charge in [-0.25, -0.2) is 8.78 Å². The lowest BCUT2D eigenvalue weighted by Gasteiger charge is -2.07. The maximum atomic E-state index is 11.9. The number of hydrogen-bond donors (Lipinski definition) is 1. The first kappa shape index (κ1) is 12.3. The van der Waals surface area contributed by atoms with Crippen LogP contribution in [0, 0.1) is 10.1 Å². The second-order valence-electron chi connectivity index (χ2n) is 2.97. The van der Waals surface area contributed by atoms with Crippen LogP contribution in [0.3, 0.4) is 0 Å². The van der Waals surface area contributed by atoms with E-state index < -0.39 is 18.0 Å². The largest absolute Gasteiger partial charge is 0.481 e. The van der Waals surface area contributed by atoms with Gasteiger partial charge in [0.1, 0.15) is 6.61 Å². The van der Waals surface area contributed by atoms with Crippen LogP contribution in [0.25, 0.3) is 0 Å². The van der Waals surface area contributed by atoms with Crippen LogP contribution < -0.4 is 10.5 Å². The highest BCUT2D eigenvalue weighted by atomic mass is 19.3. The van der Waals surface area contributed by atoms with E-state index in [4.69, 9.17) is 5.73 Å². The van der Waals surface area contributed by atoms with Crippen LogP contribution >= 0.6 is 0 Å². The van der Waals surface area contributed by atoms with Crippen molar-refractivity contribution < 1.29 is 18.4 Å². The standard InChI is InChI=1S/C9H10F2N2O3/c10-9(11)5-16-8-3-6(4-12)1-2-7(8)13(14)15/h1-3,9H,4-5,12H2. The number of nitrogens with two attached hydrogens (primary N) is 1. The van der Waals surface area contributed by atoms with Gasteiger partial charge in [0.25, 0.3) is 6.43 Å². The van der Waals surface area contributed by atoms with Crippen molar-refractivity contribution in [2.45, 2.75) is 13.0 Å². The minimum atomic E-state index is -2.68. The van der Waals surface area contributed by atoms with Gasteiger partial charge in [-0.05, 0) is 11.6 Å². The summed E-state index contributed by atoms with van der Waals surface area (Å²) in [6, 6.07) is 3.93. The first-order valence-electron chi connectivity index (χ1n) is 4.43. The average molecular weight is 232 g/mol. The first-order chi connectivity index (χ1) is 7.54. The second kappa shape index (κ2) is 5.36. The van der Waals surface area contributed by atoms with Crippen LogP contribution in [-0.4, -0.2) is 18.0 Å².